The molecule has 0 aliphatic rings. The molecule has 1 aromatic rings. The number of H-pyrrole nitrogens is 1. The molecule has 4 heteroatoms. The molecular weight excluding hydrogens is 406 g/mol. The Bertz CT molecular complexity index is 800. The van der Waals surface area contributed by atoms with Gasteiger partial charge in [0.1, 0.15) is 0 Å². The highest BCUT2D eigenvalue weighted by atomic mass is 32.2. The van der Waals surface area contributed by atoms with Crippen molar-refractivity contribution >= 4 is 23.1 Å². The molecule has 0 bridgehead atoms. The van der Waals surface area contributed by atoms with Crippen LogP contribution >= 0.6 is 23.1 Å². The number of rotatable bonds is 14. The highest BCUT2D eigenvalue weighted by Crippen LogP contribution is 2.52. The van der Waals surface area contributed by atoms with E-state index in [-0.39, 0.29) is 21.0 Å². The van der Waals surface area contributed by atoms with Crippen molar-refractivity contribution in [2.45, 2.75) is 95.8 Å². The van der Waals surface area contributed by atoms with Crippen molar-refractivity contribution in [3.8, 4) is 0 Å². The molecule has 0 radical (unpaired) electrons. The average Bonchev–Trinajstić information content (AvgIpc) is 3.05. The Labute approximate surface area is 192 Å². The van der Waals surface area contributed by atoms with E-state index in [0.717, 1.165) is 43.6 Å². The first-order chi connectivity index (χ1) is 14.2. The predicted octanol–water partition coefficient (Wildman–Crippen LogP) is 8.65. The molecular formula is C26H41NOS2. The highest BCUT2D eigenvalue weighted by Gasteiger charge is 2.38. The minimum Gasteiger partial charge on any atom is -0.307 e. The van der Waals surface area contributed by atoms with Crippen molar-refractivity contribution in [2.24, 2.45) is 5.41 Å². The maximum atomic E-state index is 12.6. The van der Waals surface area contributed by atoms with Crippen LogP contribution in [0.4, 0.5) is 0 Å². The number of aromatic nitrogens is 1. The summed E-state index contributed by atoms with van der Waals surface area (Å²) in [6, 6.07) is 0. The van der Waals surface area contributed by atoms with Gasteiger partial charge in [0.15, 0.2) is 0 Å². The van der Waals surface area contributed by atoms with Crippen LogP contribution in [0.3, 0.4) is 0 Å². The van der Waals surface area contributed by atoms with Gasteiger partial charge in [-0.25, -0.2) is 0 Å². The van der Waals surface area contributed by atoms with Crippen LogP contribution in [0.2, 0.25) is 0 Å². The molecule has 0 amide bonds. The van der Waals surface area contributed by atoms with Crippen LogP contribution in [0, 0.1) is 5.41 Å². The predicted molar refractivity (Wildman–Crippen MR) is 138 cm³/mol. The lowest BCUT2D eigenvalue weighted by Crippen LogP contribution is -2.27. The van der Waals surface area contributed by atoms with E-state index >= 15 is 0 Å². The van der Waals surface area contributed by atoms with Crippen LogP contribution < -0.4 is 4.87 Å². The summed E-state index contributed by atoms with van der Waals surface area (Å²) < 4.78 is 0.116. The van der Waals surface area contributed by atoms with Crippen molar-refractivity contribution < 1.29 is 0 Å². The monoisotopic (exact) mass is 447 g/mol. The molecule has 1 aromatic heterocycles. The number of thiazole rings is 1. The third-order valence-corrected chi connectivity index (χ3v) is 8.76. The van der Waals surface area contributed by atoms with E-state index in [4.69, 9.17) is 0 Å². The minimum atomic E-state index is 0.0352. The number of nitrogens with one attached hydrogen (secondary N) is 1. The van der Waals surface area contributed by atoms with E-state index in [9.17, 15) is 4.79 Å². The molecule has 0 aliphatic carbocycles. The van der Waals surface area contributed by atoms with Gasteiger partial charge < -0.3 is 4.98 Å². The third-order valence-electron chi connectivity index (χ3n) is 6.17. The van der Waals surface area contributed by atoms with Gasteiger partial charge in [0.05, 0.1) is 5.03 Å². The normalized spacial score (nSPS) is 17.5. The van der Waals surface area contributed by atoms with Gasteiger partial charge >= 0.3 is 4.87 Å². The Hall–Kier alpha value is -1.26. The second-order valence-electron chi connectivity index (χ2n) is 8.55. The first-order valence-corrected chi connectivity index (χ1v) is 12.9. The molecule has 30 heavy (non-hydrogen) atoms. The molecule has 2 nitrogen and oxygen atoms in total. The SMILES string of the molecule is C=C/C=C\C(=C/C=C)[C@H](c1sc(=O)[nH]c1SC(C)(CC)CCC)C(C)(CC)CCC. The molecule has 0 aliphatic heterocycles. The van der Waals surface area contributed by atoms with Gasteiger partial charge in [-0.15, -0.1) is 11.8 Å². The number of allylic oxidation sites excluding steroid dienone is 6. The van der Waals surface area contributed by atoms with Crippen molar-refractivity contribution in [1.82, 2.24) is 4.98 Å². The summed E-state index contributed by atoms with van der Waals surface area (Å²) in [6.45, 7) is 21.5. The van der Waals surface area contributed by atoms with Gasteiger partial charge in [-0.2, -0.15) is 0 Å². The van der Waals surface area contributed by atoms with Gasteiger partial charge in [-0.1, -0.05) is 109 Å². The summed E-state index contributed by atoms with van der Waals surface area (Å²) in [7, 11) is 0. The number of thioether (sulfide) groups is 1. The molecule has 2 unspecified atom stereocenters. The quantitative estimate of drug-likeness (QED) is 0.228. The number of hydrogen-bond acceptors (Lipinski definition) is 3. The van der Waals surface area contributed by atoms with Gasteiger partial charge in [-0.05, 0) is 36.7 Å². The maximum absolute atomic E-state index is 12.6. The molecule has 1 heterocycles. The molecule has 168 valence electrons. The lowest BCUT2D eigenvalue weighted by atomic mass is 9.68. The fourth-order valence-electron chi connectivity index (χ4n) is 4.20. The zero-order valence-electron chi connectivity index (χ0n) is 19.8. The summed E-state index contributed by atoms with van der Waals surface area (Å²) in [6.07, 6.45) is 16.5. The lowest BCUT2D eigenvalue weighted by molar-refractivity contribution is 0.243. The van der Waals surface area contributed by atoms with Crippen LogP contribution in [-0.2, 0) is 0 Å². The average molecular weight is 448 g/mol. The van der Waals surface area contributed by atoms with E-state index in [0.29, 0.717) is 0 Å². The molecule has 0 saturated heterocycles. The first kappa shape index (κ1) is 26.8. The topological polar surface area (TPSA) is 32.9 Å². The van der Waals surface area contributed by atoms with Gasteiger partial charge in [-0.3, -0.25) is 4.79 Å². The van der Waals surface area contributed by atoms with Crippen LogP contribution in [-0.4, -0.2) is 9.73 Å². The highest BCUT2D eigenvalue weighted by molar-refractivity contribution is 8.00. The molecule has 0 spiro atoms. The van der Waals surface area contributed by atoms with Crippen molar-refractivity contribution in [3.63, 3.8) is 0 Å². The van der Waals surface area contributed by atoms with Gasteiger partial charge in [0, 0.05) is 15.5 Å². The van der Waals surface area contributed by atoms with E-state index in [1.807, 2.05) is 30.0 Å². The fraction of sp³-hybridized carbons (Fsp3) is 0.577. The van der Waals surface area contributed by atoms with Gasteiger partial charge in [0.25, 0.3) is 0 Å². The van der Waals surface area contributed by atoms with Crippen molar-refractivity contribution in [1.29, 1.82) is 0 Å². The molecule has 0 saturated carbocycles. The number of aromatic amines is 1. The van der Waals surface area contributed by atoms with Crippen molar-refractivity contribution in [2.75, 3.05) is 0 Å². The summed E-state index contributed by atoms with van der Waals surface area (Å²) in [5, 5.41) is 1.05. The second kappa shape index (κ2) is 12.6. The molecule has 1 N–H and O–H groups in total. The minimum absolute atomic E-state index is 0.0352. The largest absolute Gasteiger partial charge is 0.307 e. The Kier molecular flexibility index (Phi) is 11.2. The first-order valence-electron chi connectivity index (χ1n) is 11.3. The maximum Gasteiger partial charge on any atom is 0.305 e. The second-order valence-corrected chi connectivity index (χ2v) is 11.2. The summed E-state index contributed by atoms with van der Waals surface area (Å²) in [5.41, 5.74) is 1.23. The van der Waals surface area contributed by atoms with Crippen LogP contribution in [0.15, 0.2) is 58.9 Å². The zero-order valence-corrected chi connectivity index (χ0v) is 21.5. The molecule has 0 fully saturated rings. The number of hydrogen-bond donors (Lipinski definition) is 1. The molecule has 3 atom stereocenters. The molecule has 0 aromatic carbocycles. The standard InChI is InChI=1S/C26H41NOS2/c1-9-15-17-20(16-10-2)21(25(7,13-5)18-11-3)22-23(27-24(28)29-22)30-26(8,14-6)19-12-4/h9-10,15-17,21H,1-2,11-14,18-19H2,3-8H3,(H,27,28)/b17-15-,20-16+/t21-,25?,26?/m1/s1. The lowest BCUT2D eigenvalue weighted by Gasteiger charge is -2.38. The van der Waals surface area contributed by atoms with E-state index in [1.54, 1.807) is 0 Å². The fourth-order valence-corrected chi connectivity index (χ4v) is 6.85. The Morgan fingerprint density at radius 3 is 2.27 bits per heavy atom. The van der Waals surface area contributed by atoms with E-state index in [2.05, 4.69) is 71.8 Å². The van der Waals surface area contributed by atoms with E-state index in [1.165, 1.54) is 21.8 Å². The summed E-state index contributed by atoms with van der Waals surface area (Å²) in [4.78, 5) is 17.0. The summed E-state index contributed by atoms with van der Waals surface area (Å²) >= 11 is 3.23. The van der Waals surface area contributed by atoms with Crippen molar-refractivity contribution in [3.05, 3.63) is 63.7 Å². The van der Waals surface area contributed by atoms with Gasteiger partial charge in [0.2, 0.25) is 0 Å². The van der Waals surface area contributed by atoms with E-state index < -0.39 is 0 Å². The van der Waals surface area contributed by atoms with Crippen LogP contribution in [0.5, 0.6) is 0 Å². The Balaban J connectivity index is 3.72. The molecule has 1 rings (SSSR count). The van der Waals surface area contributed by atoms with Crippen LogP contribution in [0.1, 0.15) is 90.9 Å². The Morgan fingerprint density at radius 1 is 1.10 bits per heavy atom. The van der Waals surface area contributed by atoms with Crippen LogP contribution in [0.25, 0.3) is 0 Å². The summed E-state index contributed by atoms with van der Waals surface area (Å²) in [5.74, 6) is 0.130. The Morgan fingerprint density at radius 2 is 1.77 bits per heavy atom. The smallest absolute Gasteiger partial charge is 0.305 e. The zero-order chi connectivity index (χ0) is 22.8. The third kappa shape index (κ3) is 6.88.